The summed E-state index contributed by atoms with van der Waals surface area (Å²) >= 11 is 1.18. The van der Waals surface area contributed by atoms with Crippen LogP contribution in [0.1, 0.15) is 22.5 Å². The molecule has 1 fully saturated rings. The second-order valence-electron chi connectivity index (χ2n) is 6.06. The summed E-state index contributed by atoms with van der Waals surface area (Å²) in [6, 6.07) is 3.79. The summed E-state index contributed by atoms with van der Waals surface area (Å²) in [5.74, 6) is 0.586. The van der Waals surface area contributed by atoms with E-state index in [1.165, 1.54) is 11.3 Å². The second-order valence-corrected chi connectivity index (χ2v) is 7.06. The lowest BCUT2D eigenvalue weighted by atomic mass is 10.1. The number of rotatable bonds is 3. The van der Waals surface area contributed by atoms with Gasteiger partial charge in [0, 0.05) is 19.1 Å². The molecule has 0 aliphatic carbocycles. The molecule has 0 unspecified atom stereocenters. The van der Waals surface area contributed by atoms with Gasteiger partial charge < -0.3 is 26.5 Å². The van der Waals surface area contributed by atoms with Crippen LogP contribution in [0.15, 0.2) is 22.8 Å². The van der Waals surface area contributed by atoms with Crippen LogP contribution in [0, 0.1) is 0 Å². The molecular formula is C16H18N6O2S. The Kier molecular flexibility index (Phi) is 3.81. The molecule has 1 saturated heterocycles. The predicted molar refractivity (Wildman–Crippen MR) is 97.5 cm³/mol. The van der Waals surface area contributed by atoms with Gasteiger partial charge in [0.1, 0.15) is 15.4 Å². The van der Waals surface area contributed by atoms with E-state index in [4.69, 9.17) is 21.6 Å². The van der Waals surface area contributed by atoms with E-state index in [1.54, 1.807) is 18.4 Å². The van der Waals surface area contributed by atoms with E-state index in [0.717, 1.165) is 25.9 Å². The van der Waals surface area contributed by atoms with Crippen molar-refractivity contribution in [2.24, 2.45) is 11.5 Å². The highest BCUT2D eigenvalue weighted by Crippen LogP contribution is 2.39. The summed E-state index contributed by atoms with van der Waals surface area (Å²) in [4.78, 5) is 24.0. The quantitative estimate of drug-likeness (QED) is 0.646. The topological polar surface area (TPSA) is 137 Å². The highest BCUT2D eigenvalue weighted by atomic mass is 32.1. The third-order valence-electron chi connectivity index (χ3n) is 4.38. The molecular weight excluding hydrogens is 340 g/mol. The molecule has 0 saturated carbocycles. The van der Waals surface area contributed by atoms with Crippen molar-refractivity contribution in [1.82, 2.24) is 9.97 Å². The van der Waals surface area contributed by atoms with E-state index in [2.05, 4.69) is 14.9 Å². The number of carbonyl (C=O) groups is 1. The van der Waals surface area contributed by atoms with Gasteiger partial charge >= 0.3 is 0 Å². The number of nitrogens with two attached hydrogens (primary N) is 3. The third-order valence-corrected chi connectivity index (χ3v) is 5.49. The SMILES string of the molecule is NC(=O)c1sc2nc(N3CCC(N)CC3)nc(-c3ccco3)c2c1N. The Labute approximate surface area is 147 Å². The first kappa shape index (κ1) is 15.9. The number of primary amides is 1. The molecule has 130 valence electrons. The zero-order chi connectivity index (χ0) is 17.6. The maximum absolute atomic E-state index is 11.7. The summed E-state index contributed by atoms with van der Waals surface area (Å²) < 4.78 is 5.52. The minimum Gasteiger partial charge on any atom is -0.463 e. The minimum absolute atomic E-state index is 0.211. The van der Waals surface area contributed by atoms with Crippen LogP contribution in [0.25, 0.3) is 21.7 Å². The van der Waals surface area contributed by atoms with Crippen LogP contribution < -0.4 is 22.1 Å². The number of hydrogen-bond acceptors (Lipinski definition) is 8. The van der Waals surface area contributed by atoms with Crippen molar-refractivity contribution in [2.75, 3.05) is 23.7 Å². The molecule has 0 bridgehead atoms. The molecule has 3 aromatic rings. The Bertz CT molecular complexity index is 928. The Balaban J connectivity index is 1.90. The number of fused-ring (bicyclic) bond motifs is 1. The summed E-state index contributed by atoms with van der Waals surface area (Å²) in [5.41, 5.74) is 18.4. The van der Waals surface area contributed by atoms with E-state index in [0.29, 0.717) is 33.3 Å². The molecule has 9 heteroatoms. The fourth-order valence-corrected chi connectivity index (χ4v) is 3.97. The fourth-order valence-electron chi connectivity index (χ4n) is 3.03. The standard InChI is InChI=1S/C16H18N6O2S/c17-8-3-5-22(6-4-8)16-20-12(9-2-1-7-24-9)10-11(18)13(14(19)23)25-15(10)21-16/h1-2,7-8H,3-6,17-18H2,(H2,19,23). The summed E-state index contributed by atoms with van der Waals surface area (Å²) in [6.45, 7) is 1.57. The molecule has 0 spiro atoms. The molecule has 6 N–H and O–H groups in total. The average Bonchev–Trinajstić information content (AvgIpc) is 3.23. The molecule has 4 heterocycles. The largest absolute Gasteiger partial charge is 0.463 e. The van der Waals surface area contributed by atoms with Gasteiger partial charge in [-0.3, -0.25) is 4.79 Å². The van der Waals surface area contributed by atoms with E-state index >= 15 is 0 Å². The van der Waals surface area contributed by atoms with Crippen LogP contribution in [0.2, 0.25) is 0 Å². The smallest absolute Gasteiger partial charge is 0.260 e. The number of nitrogen functional groups attached to an aromatic ring is 1. The Hall–Kier alpha value is -2.65. The zero-order valence-corrected chi connectivity index (χ0v) is 14.3. The number of amides is 1. The van der Waals surface area contributed by atoms with Gasteiger partial charge in [0.15, 0.2) is 5.76 Å². The fraction of sp³-hybridized carbons (Fsp3) is 0.312. The van der Waals surface area contributed by atoms with Gasteiger partial charge in [-0.15, -0.1) is 11.3 Å². The van der Waals surface area contributed by atoms with Crippen molar-refractivity contribution < 1.29 is 9.21 Å². The molecule has 1 amide bonds. The van der Waals surface area contributed by atoms with Gasteiger partial charge in [-0.1, -0.05) is 0 Å². The van der Waals surface area contributed by atoms with Crippen molar-refractivity contribution in [3.05, 3.63) is 23.3 Å². The van der Waals surface area contributed by atoms with Crippen molar-refractivity contribution in [3.63, 3.8) is 0 Å². The molecule has 4 rings (SSSR count). The highest BCUT2D eigenvalue weighted by Gasteiger charge is 2.25. The molecule has 0 radical (unpaired) electrons. The van der Waals surface area contributed by atoms with Crippen molar-refractivity contribution in [1.29, 1.82) is 0 Å². The monoisotopic (exact) mass is 358 g/mol. The Morgan fingerprint density at radius 1 is 1.32 bits per heavy atom. The lowest BCUT2D eigenvalue weighted by molar-refractivity contribution is 0.100. The van der Waals surface area contributed by atoms with Crippen LogP contribution in [-0.2, 0) is 0 Å². The van der Waals surface area contributed by atoms with E-state index in [1.807, 2.05) is 0 Å². The van der Waals surface area contributed by atoms with E-state index in [9.17, 15) is 4.79 Å². The number of hydrogen-bond donors (Lipinski definition) is 3. The molecule has 1 aliphatic heterocycles. The maximum atomic E-state index is 11.7. The molecule has 3 aromatic heterocycles. The van der Waals surface area contributed by atoms with Crippen LogP contribution in [0.4, 0.5) is 11.6 Å². The number of nitrogens with zero attached hydrogens (tertiary/aromatic N) is 3. The Morgan fingerprint density at radius 3 is 2.72 bits per heavy atom. The van der Waals surface area contributed by atoms with Crippen LogP contribution >= 0.6 is 11.3 Å². The number of anilines is 2. The number of carbonyl (C=O) groups excluding carboxylic acids is 1. The first-order chi connectivity index (χ1) is 12.0. The summed E-state index contributed by atoms with van der Waals surface area (Å²) in [5, 5.41) is 0.603. The van der Waals surface area contributed by atoms with Gasteiger partial charge in [-0.2, -0.15) is 0 Å². The first-order valence-corrected chi connectivity index (χ1v) is 8.80. The number of thiophene rings is 1. The molecule has 0 aromatic carbocycles. The minimum atomic E-state index is -0.573. The van der Waals surface area contributed by atoms with E-state index < -0.39 is 5.91 Å². The van der Waals surface area contributed by atoms with Crippen LogP contribution in [-0.4, -0.2) is 35.0 Å². The number of aromatic nitrogens is 2. The third kappa shape index (κ3) is 2.71. The van der Waals surface area contributed by atoms with Crippen molar-refractivity contribution >= 4 is 39.1 Å². The summed E-state index contributed by atoms with van der Waals surface area (Å²) in [7, 11) is 0. The van der Waals surface area contributed by atoms with Gasteiger partial charge in [-0.05, 0) is 25.0 Å². The van der Waals surface area contributed by atoms with Crippen molar-refractivity contribution in [2.45, 2.75) is 18.9 Å². The average molecular weight is 358 g/mol. The highest BCUT2D eigenvalue weighted by molar-refractivity contribution is 7.21. The van der Waals surface area contributed by atoms with Gasteiger partial charge in [-0.25, -0.2) is 9.97 Å². The zero-order valence-electron chi connectivity index (χ0n) is 13.4. The Morgan fingerprint density at radius 2 is 2.08 bits per heavy atom. The molecule has 0 atom stereocenters. The molecule has 25 heavy (non-hydrogen) atoms. The molecule has 8 nitrogen and oxygen atoms in total. The molecule has 1 aliphatic rings. The van der Waals surface area contributed by atoms with Gasteiger partial charge in [0.2, 0.25) is 5.95 Å². The van der Waals surface area contributed by atoms with Crippen LogP contribution in [0.3, 0.4) is 0 Å². The van der Waals surface area contributed by atoms with Gasteiger partial charge in [0.25, 0.3) is 5.91 Å². The predicted octanol–water partition coefficient (Wildman–Crippen LogP) is 1.56. The summed E-state index contributed by atoms with van der Waals surface area (Å²) in [6.07, 6.45) is 3.34. The number of furan rings is 1. The van der Waals surface area contributed by atoms with E-state index in [-0.39, 0.29) is 10.9 Å². The lowest BCUT2D eigenvalue weighted by Gasteiger charge is -2.30. The first-order valence-electron chi connectivity index (χ1n) is 7.99. The lowest BCUT2D eigenvalue weighted by Crippen LogP contribution is -2.40. The van der Waals surface area contributed by atoms with Crippen LogP contribution in [0.5, 0.6) is 0 Å². The van der Waals surface area contributed by atoms with Gasteiger partial charge in [0.05, 0.1) is 17.3 Å². The number of piperidine rings is 1. The van der Waals surface area contributed by atoms with Crippen molar-refractivity contribution in [3.8, 4) is 11.5 Å². The normalized spacial score (nSPS) is 15.8. The maximum Gasteiger partial charge on any atom is 0.260 e. The second kappa shape index (κ2) is 6.01.